The van der Waals surface area contributed by atoms with Gasteiger partial charge in [-0.05, 0) is 49.6 Å². The highest BCUT2D eigenvalue weighted by molar-refractivity contribution is 6.33. The molecule has 0 atom stereocenters. The maximum absolute atomic E-state index is 13.1. The van der Waals surface area contributed by atoms with Crippen molar-refractivity contribution >= 4 is 23.1 Å². The Bertz CT molecular complexity index is 877. The molecule has 5 heteroatoms. The summed E-state index contributed by atoms with van der Waals surface area (Å²) in [4.78, 5) is 26.8. The van der Waals surface area contributed by atoms with Gasteiger partial charge in [0.25, 0.3) is 5.91 Å². The molecule has 2 aromatic rings. The quantitative estimate of drug-likeness (QED) is 0.810. The monoisotopic (exact) mass is 365 g/mol. The fourth-order valence-corrected chi connectivity index (χ4v) is 2.97. The number of amides is 2. The molecule has 2 aromatic carbocycles. The summed E-state index contributed by atoms with van der Waals surface area (Å²) < 4.78 is 10.6. The molecule has 0 fully saturated rings. The van der Waals surface area contributed by atoms with E-state index in [2.05, 4.69) is 0 Å². The first-order valence-corrected chi connectivity index (χ1v) is 8.78. The van der Waals surface area contributed by atoms with E-state index in [1.54, 1.807) is 27.9 Å². The number of rotatable bonds is 3. The molecule has 0 radical (unpaired) electrons. The number of methoxy groups -OCH3 is 1. The minimum Gasteiger partial charge on any atom is -0.497 e. The first kappa shape index (κ1) is 18.7. The summed E-state index contributed by atoms with van der Waals surface area (Å²) in [5, 5.41) is 0. The molecule has 140 valence electrons. The Labute approximate surface area is 159 Å². The minimum atomic E-state index is -0.673. The number of carbonyl (C=O) groups excluding carboxylic acids is 2. The average Bonchev–Trinajstić information content (AvgIpc) is 2.98. The van der Waals surface area contributed by atoms with Gasteiger partial charge in [-0.2, -0.15) is 0 Å². The third-order valence-corrected chi connectivity index (χ3v) is 4.19. The fraction of sp³-hybridized carbons (Fsp3) is 0.273. The number of imide groups is 1. The summed E-state index contributed by atoms with van der Waals surface area (Å²) in [7, 11) is 1.60. The van der Waals surface area contributed by atoms with Crippen molar-refractivity contribution in [1.82, 2.24) is 4.90 Å². The van der Waals surface area contributed by atoms with Crippen LogP contribution in [0.3, 0.4) is 0 Å². The van der Waals surface area contributed by atoms with E-state index in [9.17, 15) is 9.59 Å². The van der Waals surface area contributed by atoms with E-state index in [1.807, 2.05) is 54.6 Å². The SMILES string of the molecule is COc1ccc(C2=C(c3ccccc3)C(=O)N(C(=O)OC(C)(C)C)C2)cc1. The molecule has 27 heavy (non-hydrogen) atoms. The predicted molar refractivity (Wildman–Crippen MR) is 104 cm³/mol. The van der Waals surface area contributed by atoms with Crippen LogP contribution in [-0.2, 0) is 9.53 Å². The molecule has 2 amide bonds. The van der Waals surface area contributed by atoms with Crippen molar-refractivity contribution in [1.29, 1.82) is 0 Å². The zero-order valence-corrected chi connectivity index (χ0v) is 16.0. The predicted octanol–water partition coefficient (Wildman–Crippen LogP) is 4.38. The number of hydrogen-bond donors (Lipinski definition) is 0. The van der Waals surface area contributed by atoms with Gasteiger partial charge in [0.1, 0.15) is 11.4 Å². The van der Waals surface area contributed by atoms with Crippen molar-refractivity contribution < 1.29 is 19.1 Å². The number of carbonyl (C=O) groups is 2. The van der Waals surface area contributed by atoms with E-state index in [-0.39, 0.29) is 12.5 Å². The zero-order valence-electron chi connectivity index (χ0n) is 16.0. The molecule has 0 spiro atoms. The summed E-state index contributed by atoms with van der Waals surface area (Å²) in [6, 6.07) is 16.8. The molecule has 0 saturated heterocycles. The Morgan fingerprint density at radius 3 is 2.15 bits per heavy atom. The van der Waals surface area contributed by atoms with Crippen LogP contribution < -0.4 is 4.74 Å². The standard InChI is InChI=1S/C22H23NO4/c1-22(2,3)27-21(25)23-14-18(15-10-12-17(26-4)13-11-15)19(20(23)24)16-8-6-5-7-9-16/h5-13H,14H2,1-4H3. The Morgan fingerprint density at radius 1 is 0.963 bits per heavy atom. The van der Waals surface area contributed by atoms with E-state index in [0.717, 1.165) is 27.3 Å². The van der Waals surface area contributed by atoms with Gasteiger partial charge in [-0.25, -0.2) is 9.69 Å². The van der Waals surface area contributed by atoms with Crippen LogP contribution >= 0.6 is 0 Å². The van der Waals surface area contributed by atoms with E-state index >= 15 is 0 Å². The van der Waals surface area contributed by atoms with Gasteiger partial charge >= 0.3 is 6.09 Å². The van der Waals surface area contributed by atoms with Crippen molar-refractivity contribution in [2.24, 2.45) is 0 Å². The lowest BCUT2D eigenvalue weighted by Crippen LogP contribution is -2.38. The molecule has 0 aromatic heterocycles. The van der Waals surface area contributed by atoms with Crippen LogP contribution in [0.15, 0.2) is 54.6 Å². The lowest BCUT2D eigenvalue weighted by Gasteiger charge is -2.23. The second-order valence-corrected chi connectivity index (χ2v) is 7.32. The first-order chi connectivity index (χ1) is 12.8. The van der Waals surface area contributed by atoms with Gasteiger partial charge in [0.15, 0.2) is 0 Å². The molecule has 1 aliphatic heterocycles. The van der Waals surface area contributed by atoms with E-state index in [4.69, 9.17) is 9.47 Å². The summed E-state index contributed by atoms with van der Waals surface area (Å²) in [6.07, 6.45) is -0.635. The molecular weight excluding hydrogens is 342 g/mol. The van der Waals surface area contributed by atoms with Crippen molar-refractivity contribution in [2.45, 2.75) is 26.4 Å². The third kappa shape index (κ3) is 4.03. The molecule has 0 N–H and O–H groups in total. The van der Waals surface area contributed by atoms with Gasteiger partial charge in [-0.1, -0.05) is 42.5 Å². The third-order valence-electron chi connectivity index (χ3n) is 4.19. The second kappa shape index (κ2) is 7.27. The Kier molecular flexibility index (Phi) is 5.04. The van der Waals surface area contributed by atoms with Gasteiger partial charge in [0, 0.05) is 0 Å². The van der Waals surface area contributed by atoms with Crippen molar-refractivity contribution in [3.63, 3.8) is 0 Å². The van der Waals surface area contributed by atoms with Crippen LogP contribution in [0.2, 0.25) is 0 Å². The van der Waals surface area contributed by atoms with Crippen molar-refractivity contribution in [3.05, 3.63) is 65.7 Å². The van der Waals surface area contributed by atoms with Crippen LogP contribution in [0.25, 0.3) is 11.1 Å². The number of benzene rings is 2. The highest BCUT2D eigenvalue weighted by Gasteiger charge is 2.38. The normalized spacial score (nSPS) is 14.5. The molecule has 0 aliphatic carbocycles. The van der Waals surface area contributed by atoms with E-state index < -0.39 is 11.7 Å². The first-order valence-electron chi connectivity index (χ1n) is 8.78. The van der Waals surface area contributed by atoms with Crippen LogP contribution in [0, 0.1) is 0 Å². The lowest BCUT2D eigenvalue weighted by molar-refractivity contribution is -0.122. The second-order valence-electron chi connectivity index (χ2n) is 7.32. The summed E-state index contributed by atoms with van der Waals surface area (Å²) in [5.74, 6) is 0.384. The minimum absolute atomic E-state index is 0.171. The highest BCUT2D eigenvalue weighted by atomic mass is 16.6. The average molecular weight is 365 g/mol. The van der Waals surface area contributed by atoms with Gasteiger partial charge in [-0.15, -0.1) is 0 Å². The number of hydrogen-bond acceptors (Lipinski definition) is 4. The fourth-order valence-electron chi connectivity index (χ4n) is 2.97. The van der Waals surface area contributed by atoms with Gasteiger partial charge in [0.05, 0.1) is 19.2 Å². The van der Waals surface area contributed by atoms with Crippen molar-refractivity contribution in [3.8, 4) is 5.75 Å². The van der Waals surface area contributed by atoms with Gasteiger partial charge < -0.3 is 9.47 Å². The smallest absolute Gasteiger partial charge is 0.417 e. The largest absolute Gasteiger partial charge is 0.497 e. The number of nitrogens with zero attached hydrogens (tertiary/aromatic N) is 1. The summed E-state index contributed by atoms with van der Waals surface area (Å²) >= 11 is 0. The van der Waals surface area contributed by atoms with Crippen LogP contribution in [-0.4, -0.2) is 36.2 Å². The van der Waals surface area contributed by atoms with Gasteiger partial charge in [0.2, 0.25) is 0 Å². The topological polar surface area (TPSA) is 55.8 Å². The molecule has 0 unspecified atom stereocenters. The lowest BCUT2D eigenvalue weighted by atomic mass is 9.97. The molecule has 0 bridgehead atoms. The Balaban J connectivity index is 2.02. The molecular formula is C22H23NO4. The Hall–Kier alpha value is -3.08. The van der Waals surface area contributed by atoms with Crippen LogP contribution in [0.5, 0.6) is 5.75 Å². The van der Waals surface area contributed by atoms with Crippen molar-refractivity contribution in [2.75, 3.05) is 13.7 Å². The maximum Gasteiger partial charge on any atom is 0.417 e. The summed E-state index contributed by atoms with van der Waals surface area (Å²) in [5.41, 5.74) is 2.28. The maximum atomic E-state index is 13.1. The molecule has 1 heterocycles. The van der Waals surface area contributed by atoms with Crippen LogP contribution in [0.1, 0.15) is 31.9 Å². The highest BCUT2D eigenvalue weighted by Crippen LogP contribution is 2.35. The van der Waals surface area contributed by atoms with Crippen LogP contribution in [0.4, 0.5) is 4.79 Å². The molecule has 0 saturated carbocycles. The number of ether oxygens (including phenoxy) is 2. The molecule has 3 rings (SSSR count). The van der Waals surface area contributed by atoms with E-state index in [1.165, 1.54) is 0 Å². The van der Waals surface area contributed by atoms with E-state index in [0.29, 0.717) is 5.57 Å². The summed E-state index contributed by atoms with van der Waals surface area (Å²) in [6.45, 7) is 5.51. The Morgan fingerprint density at radius 2 is 1.59 bits per heavy atom. The molecule has 1 aliphatic rings. The zero-order chi connectivity index (χ0) is 19.6. The molecule has 5 nitrogen and oxygen atoms in total. The van der Waals surface area contributed by atoms with Gasteiger partial charge in [-0.3, -0.25) is 4.79 Å².